The van der Waals surface area contributed by atoms with Crippen molar-refractivity contribution in [3.05, 3.63) is 26.6 Å². The van der Waals surface area contributed by atoms with Crippen LogP contribution in [0, 0.1) is 0 Å². The van der Waals surface area contributed by atoms with Crippen molar-refractivity contribution in [2.45, 2.75) is 26.2 Å². The van der Waals surface area contributed by atoms with Crippen molar-refractivity contribution in [1.29, 1.82) is 0 Å². The zero-order valence-corrected chi connectivity index (χ0v) is 12.6. The highest BCUT2D eigenvalue weighted by atomic mass is 79.9. The maximum absolute atomic E-state index is 8.81. The van der Waals surface area contributed by atoms with Gasteiger partial charge in [-0.2, -0.15) is 0 Å². The summed E-state index contributed by atoms with van der Waals surface area (Å²) in [5.41, 5.74) is 1.16. The van der Waals surface area contributed by atoms with Crippen LogP contribution < -0.4 is 4.74 Å². The van der Waals surface area contributed by atoms with E-state index in [1.54, 1.807) is 0 Å². The van der Waals surface area contributed by atoms with Gasteiger partial charge in [0.1, 0.15) is 12.4 Å². The fraction of sp³-hybridized carbons (Fsp3) is 0.500. The zero-order chi connectivity index (χ0) is 12.1. The van der Waals surface area contributed by atoms with Crippen LogP contribution in [0.2, 0.25) is 0 Å². The first-order chi connectivity index (χ1) is 7.60. The third-order valence-electron chi connectivity index (χ3n) is 2.52. The number of aliphatic hydroxyl groups excluding tert-OH is 1. The van der Waals surface area contributed by atoms with Gasteiger partial charge in [-0.05, 0) is 46.0 Å². The monoisotopic (exact) mass is 350 g/mol. The van der Waals surface area contributed by atoms with Crippen LogP contribution in [0.15, 0.2) is 21.1 Å². The van der Waals surface area contributed by atoms with E-state index >= 15 is 0 Å². The van der Waals surface area contributed by atoms with E-state index in [-0.39, 0.29) is 6.61 Å². The summed E-state index contributed by atoms with van der Waals surface area (Å²) < 4.78 is 7.53. The van der Waals surface area contributed by atoms with Crippen LogP contribution in [0.4, 0.5) is 0 Å². The average molecular weight is 352 g/mol. The molecule has 4 heteroatoms. The van der Waals surface area contributed by atoms with E-state index in [9.17, 15) is 0 Å². The van der Waals surface area contributed by atoms with Crippen LogP contribution in [-0.2, 0) is 0 Å². The van der Waals surface area contributed by atoms with Crippen molar-refractivity contribution >= 4 is 31.9 Å². The average Bonchev–Trinajstić information content (AvgIpc) is 2.26. The molecule has 0 saturated heterocycles. The normalized spacial score (nSPS) is 12.6. The van der Waals surface area contributed by atoms with E-state index in [4.69, 9.17) is 9.84 Å². The van der Waals surface area contributed by atoms with Crippen LogP contribution in [0.25, 0.3) is 0 Å². The molecule has 0 aliphatic heterocycles. The van der Waals surface area contributed by atoms with Crippen molar-refractivity contribution in [3.8, 4) is 5.75 Å². The quantitative estimate of drug-likeness (QED) is 0.865. The Balaban J connectivity index is 3.10. The van der Waals surface area contributed by atoms with Crippen molar-refractivity contribution in [3.63, 3.8) is 0 Å². The lowest BCUT2D eigenvalue weighted by Crippen LogP contribution is -2.06. The molecule has 0 amide bonds. The molecule has 0 aliphatic rings. The second-order valence-electron chi connectivity index (χ2n) is 3.69. The molecule has 0 bridgehead atoms. The van der Waals surface area contributed by atoms with Gasteiger partial charge < -0.3 is 9.84 Å². The molecule has 0 aliphatic carbocycles. The van der Waals surface area contributed by atoms with E-state index in [0.717, 1.165) is 26.7 Å². The second-order valence-corrected chi connectivity index (χ2v) is 5.46. The highest BCUT2D eigenvalue weighted by Gasteiger charge is 2.14. The Labute approximate surface area is 113 Å². The molecule has 0 fully saturated rings. The molecule has 0 saturated carbocycles. The fourth-order valence-corrected chi connectivity index (χ4v) is 2.84. The standard InChI is InChI=1S/C12H16Br2O2/c1-3-8(2)10-6-9(13)7-11(14)12(10)16-5-4-15/h6-8,15H,3-5H2,1-2H3. The van der Waals surface area contributed by atoms with E-state index < -0.39 is 0 Å². The van der Waals surface area contributed by atoms with Crippen LogP contribution in [0.5, 0.6) is 5.75 Å². The molecule has 1 unspecified atom stereocenters. The maximum atomic E-state index is 8.81. The number of aliphatic hydroxyl groups is 1. The molecule has 1 aromatic carbocycles. The summed E-state index contributed by atoms with van der Waals surface area (Å²) in [6, 6.07) is 4.03. The summed E-state index contributed by atoms with van der Waals surface area (Å²) in [4.78, 5) is 0. The summed E-state index contributed by atoms with van der Waals surface area (Å²) in [6.45, 7) is 4.67. The Morgan fingerprint density at radius 3 is 2.62 bits per heavy atom. The van der Waals surface area contributed by atoms with Gasteiger partial charge in [0.05, 0.1) is 11.1 Å². The summed E-state index contributed by atoms with van der Waals surface area (Å²) in [7, 11) is 0. The molecule has 2 nitrogen and oxygen atoms in total. The Morgan fingerprint density at radius 2 is 2.06 bits per heavy atom. The Kier molecular flexibility index (Phi) is 5.79. The van der Waals surface area contributed by atoms with Gasteiger partial charge in [-0.25, -0.2) is 0 Å². The zero-order valence-electron chi connectivity index (χ0n) is 9.46. The number of hydrogen-bond acceptors (Lipinski definition) is 2. The Hall–Kier alpha value is -0.0600. The van der Waals surface area contributed by atoms with Gasteiger partial charge in [0.2, 0.25) is 0 Å². The Morgan fingerprint density at radius 1 is 1.38 bits per heavy atom. The molecular formula is C12H16Br2O2. The lowest BCUT2D eigenvalue weighted by molar-refractivity contribution is 0.199. The largest absolute Gasteiger partial charge is 0.490 e. The second kappa shape index (κ2) is 6.62. The minimum Gasteiger partial charge on any atom is -0.490 e. The molecule has 1 rings (SSSR count). The number of rotatable bonds is 5. The number of hydrogen-bond donors (Lipinski definition) is 1. The van der Waals surface area contributed by atoms with Crippen molar-refractivity contribution in [2.75, 3.05) is 13.2 Å². The van der Waals surface area contributed by atoms with E-state index in [1.807, 2.05) is 6.07 Å². The molecule has 1 aromatic rings. The van der Waals surface area contributed by atoms with Crippen molar-refractivity contribution < 1.29 is 9.84 Å². The summed E-state index contributed by atoms with van der Waals surface area (Å²) in [6.07, 6.45) is 1.05. The van der Waals surface area contributed by atoms with Gasteiger partial charge >= 0.3 is 0 Å². The molecule has 0 radical (unpaired) electrons. The molecule has 1 atom stereocenters. The first kappa shape index (κ1) is 14.0. The maximum Gasteiger partial charge on any atom is 0.137 e. The van der Waals surface area contributed by atoms with Crippen LogP contribution in [-0.4, -0.2) is 18.3 Å². The number of benzene rings is 1. The third-order valence-corrected chi connectivity index (χ3v) is 3.56. The van der Waals surface area contributed by atoms with Gasteiger partial charge in [0.15, 0.2) is 0 Å². The molecule has 0 spiro atoms. The van der Waals surface area contributed by atoms with Gasteiger partial charge in [-0.3, -0.25) is 0 Å². The van der Waals surface area contributed by atoms with E-state index in [2.05, 4.69) is 51.8 Å². The van der Waals surface area contributed by atoms with Gasteiger partial charge in [-0.15, -0.1) is 0 Å². The first-order valence-corrected chi connectivity index (χ1v) is 6.91. The molecule has 1 N–H and O–H groups in total. The highest BCUT2D eigenvalue weighted by Crippen LogP contribution is 2.37. The highest BCUT2D eigenvalue weighted by molar-refractivity contribution is 9.11. The van der Waals surface area contributed by atoms with Crippen molar-refractivity contribution in [1.82, 2.24) is 0 Å². The molecular weight excluding hydrogens is 336 g/mol. The van der Waals surface area contributed by atoms with Crippen LogP contribution >= 0.6 is 31.9 Å². The fourth-order valence-electron chi connectivity index (χ4n) is 1.47. The van der Waals surface area contributed by atoms with Crippen LogP contribution in [0.1, 0.15) is 31.7 Å². The molecule has 0 heterocycles. The van der Waals surface area contributed by atoms with Gasteiger partial charge in [-0.1, -0.05) is 29.8 Å². The van der Waals surface area contributed by atoms with E-state index in [1.165, 1.54) is 0 Å². The summed E-state index contributed by atoms with van der Waals surface area (Å²) in [5.74, 6) is 1.27. The topological polar surface area (TPSA) is 29.5 Å². The SMILES string of the molecule is CCC(C)c1cc(Br)cc(Br)c1OCCO. The number of ether oxygens (including phenoxy) is 1. The third kappa shape index (κ3) is 3.47. The lowest BCUT2D eigenvalue weighted by atomic mass is 9.98. The minimum absolute atomic E-state index is 0.0302. The summed E-state index contributed by atoms with van der Waals surface area (Å²) in [5, 5.41) is 8.81. The first-order valence-electron chi connectivity index (χ1n) is 5.32. The molecule has 16 heavy (non-hydrogen) atoms. The summed E-state index contributed by atoms with van der Waals surface area (Å²) >= 11 is 6.97. The Bertz CT molecular complexity index is 353. The van der Waals surface area contributed by atoms with Crippen molar-refractivity contribution in [2.24, 2.45) is 0 Å². The predicted molar refractivity (Wildman–Crippen MR) is 73.1 cm³/mol. The smallest absolute Gasteiger partial charge is 0.137 e. The minimum atomic E-state index is 0.0302. The number of halogens is 2. The van der Waals surface area contributed by atoms with Gasteiger partial charge in [0, 0.05) is 4.47 Å². The molecule has 90 valence electrons. The molecule has 0 aromatic heterocycles. The predicted octanol–water partition coefficient (Wildman–Crippen LogP) is 4.10. The van der Waals surface area contributed by atoms with Gasteiger partial charge in [0.25, 0.3) is 0 Å². The lowest BCUT2D eigenvalue weighted by Gasteiger charge is -2.17. The van der Waals surface area contributed by atoms with Crippen LogP contribution in [0.3, 0.4) is 0 Å². The van der Waals surface area contributed by atoms with E-state index in [0.29, 0.717) is 12.5 Å².